The number of aryl methyl sites for hydroxylation is 1. The zero-order valence-electron chi connectivity index (χ0n) is 11.1. The Balaban J connectivity index is 2.36. The lowest BCUT2D eigenvalue weighted by Gasteiger charge is -2.07. The number of carboxylic acid groups (broad SMARTS) is 1. The van der Waals surface area contributed by atoms with Crippen molar-refractivity contribution in [3.8, 4) is 0 Å². The van der Waals surface area contributed by atoms with E-state index in [4.69, 9.17) is 5.11 Å². The topological polar surface area (TPSA) is 63.1 Å². The smallest absolute Gasteiger partial charge is 0.304 e. The van der Waals surface area contributed by atoms with Crippen LogP contribution in [0.25, 0.3) is 10.9 Å². The molecule has 20 heavy (non-hydrogen) atoms. The first-order chi connectivity index (χ1) is 9.60. The van der Waals surface area contributed by atoms with E-state index >= 15 is 0 Å². The van der Waals surface area contributed by atoms with Gasteiger partial charge in [-0.05, 0) is 24.6 Å². The van der Waals surface area contributed by atoms with Gasteiger partial charge in [0.05, 0.1) is 11.9 Å². The Kier molecular flexibility index (Phi) is 4.89. The normalized spacial score (nSPS) is 10.9. The summed E-state index contributed by atoms with van der Waals surface area (Å²) >= 11 is 1.33. The van der Waals surface area contributed by atoms with Gasteiger partial charge in [-0.1, -0.05) is 6.92 Å². The highest BCUT2D eigenvalue weighted by Gasteiger charge is 2.10. The van der Waals surface area contributed by atoms with Crippen LogP contribution in [0.3, 0.4) is 0 Å². The summed E-state index contributed by atoms with van der Waals surface area (Å²) in [5.41, 5.74) is 0.697. The third kappa shape index (κ3) is 3.66. The molecule has 0 saturated carbocycles. The van der Waals surface area contributed by atoms with Crippen LogP contribution in [0.4, 0.5) is 4.39 Å². The molecule has 0 aliphatic carbocycles. The Bertz CT molecular complexity index is 634. The molecule has 1 aromatic heterocycles. The molecule has 2 aromatic rings. The molecule has 0 spiro atoms. The molecule has 0 fully saturated rings. The van der Waals surface area contributed by atoms with Crippen molar-refractivity contribution in [3.05, 3.63) is 29.8 Å². The standard InChI is InChI=1S/C14H15FN2O2S/c1-2-3-12-16-11-5-4-9(15)8-10(11)14(17-12)20-7-6-13(18)19/h4-5,8H,2-3,6-7H2,1H3,(H,18,19). The van der Waals surface area contributed by atoms with Crippen molar-refractivity contribution >= 4 is 28.6 Å². The van der Waals surface area contributed by atoms with E-state index in [2.05, 4.69) is 9.97 Å². The number of fused-ring (bicyclic) bond motifs is 1. The van der Waals surface area contributed by atoms with Crippen LogP contribution in [0, 0.1) is 5.82 Å². The molecule has 1 heterocycles. The van der Waals surface area contributed by atoms with Crippen LogP contribution in [-0.4, -0.2) is 26.8 Å². The Hall–Kier alpha value is -1.69. The molecular weight excluding hydrogens is 279 g/mol. The molecule has 0 aliphatic rings. The number of thioether (sulfide) groups is 1. The molecule has 0 radical (unpaired) electrons. The van der Waals surface area contributed by atoms with E-state index in [-0.39, 0.29) is 12.2 Å². The number of carbonyl (C=O) groups is 1. The number of aliphatic carboxylic acids is 1. The lowest BCUT2D eigenvalue weighted by Crippen LogP contribution is -2.00. The number of rotatable bonds is 6. The molecule has 0 saturated heterocycles. The molecule has 0 bridgehead atoms. The number of hydrogen-bond acceptors (Lipinski definition) is 4. The Labute approximate surface area is 120 Å². The van der Waals surface area contributed by atoms with Crippen molar-refractivity contribution in [2.24, 2.45) is 0 Å². The van der Waals surface area contributed by atoms with Gasteiger partial charge >= 0.3 is 5.97 Å². The van der Waals surface area contributed by atoms with E-state index in [9.17, 15) is 9.18 Å². The molecule has 6 heteroatoms. The minimum Gasteiger partial charge on any atom is -0.481 e. The summed E-state index contributed by atoms with van der Waals surface area (Å²) in [5.74, 6) is -0.0755. The third-order valence-corrected chi connectivity index (χ3v) is 3.69. The molecule has 2 rings (SSSR count). The maximum Gasteiger partial charge on any atom is 0.304 e. The predicted molar refractivity (Wildman–Crippen MR) is 76.5 cm³/mol. The number of aromatic nitrogens is 2. The van der Waals surface area contributed by atoms with E-state index in [1.807, 2.05) is 6.92 Å². The average Bonchev–Trinajstić information content (AvgIpc) is 2.39. The summed E-state index contributed by atoms with van der Waals surface area (Å²) in [6.45, 7) is 2.04. The zero-order valence-corrected chi connectivity index (χ0v) is 11.9. The van der Waals surface area contributed by atoms with Crippen LogP contribution in [-0.2, 0) is 11.2 Å². The van der Waals surface area contributed by atoms with Crippen LogP contribution in [0.2, 0.25) is 0 Å². The van der Waals surface area contributed by atoms with Crippen LogP contribution in [0.1, 0.15) is 25.6 Å². The highest BCUT2D eigenvalue weighted by Crippen LogP contribution is 2.26. The monoisotopic (exact) mass is 294 g/mol. The highest BCUT2D eigenvalue weighted by atomic mass is 32.2. The molecular formula is C14H15FN2O2S. The lowest BCUT2D eigenvalue weighted by molar-refractivity contribution is -0.136. The SMILES string of the molecule is CCCc1nc(SCCC(=O)O)c2cc(F)ccc2n1. The molecule has 0 aliphatic heterocycles. The summed E-state index contributed by atoms with van der Waals surface area (Å²) in [6, 6.07) is 4.40. The van der Waals surface area contributed by atoms with E-state index in [0.717, 1.165) is 12.8 Å². The fourth-order valence-corrected chi connectivity index (χ4v) is 2.76. The van der Waals surface area contributed by atoms with Crippen LogP contribution < -0.4 is 0 Å². The van der Waals surface area contributed by atoms with Crippen molar-refractivity contribution in [1.82, 2.24) is 9.97 Å². The first-order valence-electron chi connectivity index (χ1n) is 6.41. The van der Waals surface area contributed by atoms with Gasteiger partial charge in [-0.2, -0.15) is 0 Å². The molecule has 4 nitrogen and oxygen atoms in total. The first kappa shape index (κ1) is 14.7. The molecule has 0 unspecified atom stereocenters. The van der Waals surface area contributed by atoms with Gasteiger partial charge in [0.15, 0.2) is 0 Å². The highest BCUT2D eigenvalue weighted by molar-refractivity contribution is 7.99. The van der Waals surface area contributed by atoms with E-state index in [1.165, 1.54) is 23.9 Å². The number of carboxylic acids is 1. The molecule has 1 N–H and O–H groups in total. The Morgan fingerprint density at radius 3 is 2.90 bits per heavy atom. The fourth-order valence-electron chi connectivity index (χ4n) is 1.80. The maximum absolute atomic E-state index is 13.4. The Morgan fingerprint density at radius 1 is 1.40 bits per heavy atom. The van der Waals surface area contributed by atoms with E-state index in [1.54, 1.807) is 6.07 Å². The summed E-state index contributed by atoms with van der Waals surface area (Å²) in [6.07, 6.45) is 1.72. The number of hydrogen-bond donors (Lipinski definition) is 1. The summed E-state index contributed by atoms with van der Waals surface area (Å²) in [5, 5.41) is 9.97. The number of nitrogens with zero attached hydrogens (tertiary/aromatic N) is 2. The van der Waals surface area contributed by atoms with Gasteiger partial charge in [-0.25, -0.2) is 14.4 Å². The average molecular weight is 294 g/mol. The fraction of sp³-hybridized carbons (Fsp3) is 0.357. The zero-order chi connectivity index (χ0) is 14.5. The van der Waals surface area contributed by atoms with E-state index in [0.29, 0.717) is 27.5 Å². The van der Waals surface area contributed by atoms with Gasteiger partial charge in [0.1, 0.15) is 16.7 Å². The Morgan fingerprint density at radius 2 is 2.20 bits per heavy atom. The predicted octanol–water partition coefficient (Wildman–Crippen LogP) is 3.29. The number of benzene rings is 1. The summed E-state index contributed by atoms with van der Waals surface area (Å²) in [4.78, 5) is 19.4. The second kappa shape index (κ2) is 6.65. The van der Waals surface area contributed by atoms with Crippen LogP contribution in [0.15, 0.2) is 23.2 Å². The van der Waals surface area contributed by atoms with Gasteiger partial charge in [-0.15, -0.1) is 11.8 Å². The molecule has 0 amide bonds. The minimum absolute atomic E-state index is 0.0502. The van der Waals surface area contributed by atoms with Gasteiger partial charge in [0.2, 0.25) is 0 Å². The molecule has 106 valence electrons. The second-order valence-electron chi connectivity index (χ2n) is 4.35. The number of halogens is 1. The third-order valence-electron chi connectivity index (χ3n) is 2.70. The molecule has 1 aromatic carbocycles. The quantitative estimate of drug-likeness (QED) is 0.654. The summed E-state index contributed by atoms with van der Waals surface area (Å²) < 4.78 is 13.4. The summed E-state index contributed by atoms with van der Waals surface area (Å²) in [7, 11) is 0. The lowest BCUT2D eigenvalue weighted by atomic mass is 10.2. The van der Waals surface area contributed by atoms with Crippen LogP contribution in [0.5, 0.6) is 0 Å². The van der Waals surface area contributed by atoms with Crippen molar-refractivity contribution in [1.29, 1.82) is 0 Å². The second-order valence-corrected chi connectivity index (χ2v) is 5.43. The van der Waals surface area contributed by atoms with Gasteiger partial charge < -0.3 is 5.11 Å². The maximum atomic E-state index is 13.4. The van der Waals surface area contributed by atoms with Crippen molar-refractivity contribution in [3.63, 3.8) is 0 Å². The largest absolute Gasteiger partial charge is 0.481 e. The molecule has 0 atom stereocenters. The first-order valence-corrected chi connectivity index (χ1v) is 7.39. The van der Waals surface area contributed by atoms with Crippen molar-refractivity contribution in [2.75, 3.05) is 5.75 Å². The van der Waals surface area contributed by atoms with Crippen molar-refractivity contribution < 1.29 is 14.3 Å². The van der Waals surface area contributed by atoms with Gasteiger partial charge in [0, 0.05) is 17.6 Å². The van der Waals surface area contributed by atoms with Crippen LogP contribution >= 0.6 is 11.8 Å². The van der Waals surface area contributed by atoms with Gasteiger partial charge in [-0.3, -0.25) is 4.79 Å². The van der Waals surface area contributed by atoms with E-state index < -0.39 is 5.97 Å². The minimum atomic E-state index is -0.851. The van der Waals surface area contributed by atoms with Crippen molar-refractivity contribution in [2.45, 2.75) is 31.2 Å². The van der Waals surface area contributed by atoms with Gasteiger partial charge in [0.25, 0.3) is 0 Å².